The van der Waals surface area contributed by atoms with E-state index in [9.17, 15) is 8.42 Å². The molecule has 7 heteroatoms. The van der Waals surface area contributed by atoms with Crippen molar-refractivity contribution in [3.05, 3.63) is 24.3 Å². The number of hydrogen-bond donors (Lipinski definition) is 1. The molecule has 0 bridgehead atoms. The maximum absolute atomic E-state index is 11.2. The molecule has 0 aromatic heterocycles. The van der Waals surface area contributed by atoms with Crippen LogP contribution < -0.4 is 10.0 Å². The molecule has 0 aliphatic heterocycles. The Morgan fingerprint density at radius 1 is 1.06 bits per heavy atom. The van der Waals surface area contributed by atoms with Crippen molar-refractivity contribution in [2.75, 3.05) is 28.6 Å². The molecular formula is C11H16Br2N2O2S. The molecule has 0 atom stereocenters. The Hall–Kier alpha value is -0.110. The van der Waals surface area contributed by atoms with Gasteiger partial charge in [0.1, 0.15) is 0 Å². The zero-order valence-corrected chi connectivity index (χ0v) is 13.8. The van der Waals surface area contributed by atoms with Crippen LogP contribution in [0.15, 0.2) is 29.2 Å². The summed E-state index contributed by atoms with van der Waals surface area (Å²) < 4.78 is 22.3. The Bertz CT molecular complexity index is 462. The van der Waals surface area contributed by atoms with Gasteiger partial charge in [0.25, 0.3) is 0 Å². The average Bonchev–Trinajstić information content (AvgIpc) is 2.33. The van der Waals surface area contributed by atoms with Crippen LogP contribution in [-0.4, -0.2) is 32.2 Å². The van der Waals surface area contributed by atoms with Crippen molar-refractivity contribution in [2.45, 2.75) is 11.3 Å². The van der Waals surface area contributed by atoms with Gasteiger partial charge in [0.2, 0.25) is 10.0 Å². The molecule has 2 N–H and O–H groups in total. The van der Waals surface area contributed by atoms with Gasteiger partial charge in [-0.1, -0.05) is 31.9 Å². The number of halogens is 2. The van der Waals surface area contributed by atoms with Crippen LogP contribution in [0.3, 0.4) is 0 Å². The molecule has 0 aliphatic carbocycles. The third-order valence-electron chi connectivity index (χ3n) is 2.45. The summed E-state index contributed by atoms with van der Waals surface area (Å²) in [6.45, 7) is 1.80. The smallest absolute Gasteiger partial charge is 0.238 e. The second-order valence-corrected chi connectivity index (χ2v) is 6.90. The molecule has 4 nitrogen and oxygen atoms in total. The predicted molar refractivity (Wildman–Crippen MR) is 82.2 cm³/mol. The molecule has 0 spiro atoms. The van der Waals surface area contributed by atoms with Crippen LogP contribution in [0.25, 0.3) is 0 Å². The Morgan fingerprint density at radius 2 is 1.67 bits per heavy atom. The van der Waals surface area contributed by atoms with Gasteiger partial charge in [-0.05, 0) is 30.7 Å². The zero-order chi connectivity index (χ0) is 13.6. The second-order valence-electron chi connectivity index (χ2n) is 3.76. The molecular weight excluding hydrogens is 384 g/mol. The first kappa shape index (κ1) is 15.9. The number of sulfonamides is 1. The van der Waals surface area contributed by atoms with Crippen LogP contribution in [0.5, 0.6) is 0 Å². The third-order valence-corrected chi connectivity index (χ3v) is 4.29. The van der Waals surface area contributed by atoms with Crippen LogP contribution in [0, 0.1) is 0 Å². The highest BCUT2D eigenvalue weighted by atomic mass is 79.9. The minimum Gasteiger partial charge on any atom is -0.371 e. The zero-order valence-electron chi connectivity index (χ0n) is 9.85. The molecule has 1 aromatic carbocycles. The summed E-state index contributed by atoms with van der Waals surface area (Å²) in [5.74, 6) is 0. The Kier molecular flexibility index (Phi) is 6.62. The van der Waals surface area contributed by atoms with E-state index in [1.165, 1.54) is 0 Å². The number of primary sulfonamides is 1. The maximum Gasteiger partial charge on any atom is 0.238 e. The van der Waals surface area contributed by atoms with Crippen molar-refractivity contribution in [3.63, 3.8) is 0 Å². The molecule has 0 unspecified atom stereocenters. The van der Waals surface area contributed by atoms with Gasteiger partial charge in [0.15, 0.2) is 0 Å². The van der Waals surface area contributed by atoms with Crippen molar-refractivity contribution in [2.24, 2.45) is 5.14 Å². The van der Waals surface area contributed by atoms with E-state index in [2.05, 4.69) is 36.8 Å². The Labute approximate surface area is 125 Å². The summed E-state index contributed by atoms with van der Waals surface area (Å²) in [6.07, 6.45) is 1.03. The first-order chi connectivity index (χ1) is 8.49. The number of rotatable bonds is 7. The van der Waals surface area contributed by atoms with Crippen LogP contribution in [-0.2, 0) is 10.0 Å². The molecule has 102 valence electrons. The van der Waals surface area contributed by atoms with Gasteiger partial charge in [-0.25, -0.2) is 13.6 Å². The highest BCUT2D eigenvalue weighted by molar-refractivity contribution is 9.09. The fraction of sp³-hybridized carbons (Fsp3) is 0.455. The first-order valence-corrected chi connectivity index (χ1v) is 9.27. The number of nitrogens with two attached hydrogens (primary N) is 1. The van der Waals surface area contributed by atoms with E-state index in [1.54, 1.807) is 24.3 Å². The lowest BCUT2D eigenvalue weighted by Gasteiger charge is -2.23. The molecule has 0 heterocycles. The van der Waals surface area contributed by atoms with E-state index in [0.29, 0.717) is 0 Å². The summed E-state index contributed by atoms with van der Waals surface area (Å²) in [7, 11) is -3.61. The molecule has 0 radical (unpaired) electrons. The van der Waals surface area contributed by atoms with Gasteiger partial charge >= 0.3 is 0 Å². The minimum absolute atomic E-state index is 0.144. The maximum atomic E-state index is 11.2. The summed E-state index contributed by atoms with van der Waals surface area (Å²) in [4.78, 5) is 2.34. The van der Waals surface area contributed by atoms with Gasteiger partial charge in [-0.15, -0.1) is 0 Å². The Morgan fingerprint density at radius 3 is 2.11 bits per heavy atom. The van der Waals surface area contributed by atoms with Gasteiger partial charge < -0.3 is 4.90 Å². The summed E-state index contributed by atoms with van der Waals surface area (Å²) >= 11 is 6.82. The minimum atomic E-state index is -3.61. The predicted octanol–water partition coefficient (Wildman–Crippen LogP) is 2.32. The normalized spacial score (nSPS) is 11.5. The monoisotopic (exact) mass is 398 g/mol. The molecule has 18 heavy (non-hydrogen) atoms. The SMILES string of the molecule is NS(=O)(=O)c1ccc(N(CCBr)CCCBr)cc1. The van der Waals surface area contributed by atoms with Crippen molar-refractivity contribution < 1.29 is 8.42 Å². The lowest BCUT2D eigenvalue weighted by molar-refractivity contribution is 0.598. The fourth-order valence-electron chi connectivity index (χ4n) is 1.57. The van der Waals surface area contributed by atoms with Crippen LogP contribution in [0.4, 0.5) is 5.69 Å². The van der Waals surface area contributed by atoms with Crippen LogP contribution >= 0.6 is 31.9 Å². The highest BCUT2D eigenvalue weighted by Gasteiger charge is 2.09. The van der Waals surface area contributed by atoms with E-state index in [0.717, 1.165) is 35.9 Å². The van der Waals surface area contributed by atoms with Crippen molar-refractivity contribution in [3.8, 4) is 0 Å². The molecule has 1 rings (SSSR count). The third kappa shape index (κ3) is 4.87. The van der Waals surface area contributed by atoms with Crippen LogP contribution in [0.1, 0.15) is 6.42 Å². The van der Waals surface area contributed by atoms with Gasteiger partial charge in [-0.2, -0.15) is 0 Å². The van der Waals surface area contributed by atoms with E-state index >= 15 is 0 Å². The number of alkyl halides is 2. The first-order valence-electron chi connectivity index (χ1n) is 5.49. The lowest BCUT2D eigenvalue weighted by Crippen LogP contribution is -2.26. The second kappa shape index (κ2) is 7.47. The molecule has 0 saturated heterocycles. The Balaban J connectivity index is 2.86. The van der Waals surface area contributed by atoms with Crippen LogP contribution in [0.2, 0.25) is 0 Å². The van der Waals surface area contributed by atoms with Gasteiger partial charge in [0.05, 0.1) is 4.90 Å². The standard InChI is InChI=1S/C11H16Br2N2O2S/c12-6-1-8-15(9-7-13)10-2-4-11(5-3-10)18(14,16)17/h2-5H,1,6-9H2,(H2,14,16,17). The lowest BCUT2D eigenvalue weighted by atomic mass is 10.2. The number of benzene rings is 1. The largest absolute Gasteiger partial charge is 0.371 e. The number of anilines is 1. The highest BCUT2D eigenvalue weighted by Crippen LogP contribution is 2.18. The summed E-state index contributed by atoms with van der Waals surface area (Å²) in [5.41, 5.74) is 1.00. The molecule has 0 saturated carbocycles. The topological polar surface area (TPSA) is 63.4 Å². The molecule has 0 amide bonds. The quantitative estimate of drug-likeness (QED) is 0.715. The van der Waals surface area contributed by atoms with Crippen molar-refractivity contribution in [1.29, 1.82) is 0 Å². The fourth-order valence-corrected chi connectivity index (χ4v) is 2.76. The molecule has 1 aromatic rings. The summed E-state index contributed by atoms with van der Waals surface area (Å²) in [6, 6.07) is 6.66. The van der Waals surface area contributed by atoms with E-state index in [1.807, 2.05) is 0 Å². The van der Waals surface area contributed by atoms with E-state index in [4.69, 9.17) is 5.14 Å². The van der Waals surface area contributed by atoms with E-state index < -0.39 is 10.0 Å². The van der Waals surface area contributed by atoms with Gasteiger partial charge in [0, 0.05) is 29.4 Å². The van der Waals surface area contributed by atoms with Crippen molar-refractivity contribution >= 4 is 47.6 Å². The van der Waals surface area contributed by atoms with E-state index in [-0.39, 0.29) is 4.90 Å². The molecule has 0 fully saturated rings. The van der Waals surface area contributed by atoms with Crippen molar-refractivity contribution in [1.82, 2.24) is 0 Å². The average molecular weight is 400 g/mol. The number of hydrogen-bond acceptors (Lipinski definition) is 3. The summed E-state index contributed by atoms with van der Waals surface area (Å²) in [5, 5.41) is 6.88. The molecule has 0 aliphatic rings. The number of nitrogens with zero attached hydrogens (tertiary/aromatic N) is 1. The van der Waals surface area contributed by atoms with Gasteiger partial charge in [-0.3, -0.25) is 0 Å².